The molecule has 0 aliphatic carbocycles. The zero-order chi connectivity index (χ0) is 17.1. The molecule has 3 nitrogen and oxygen atoms in total. The van der Waals surface area contributed by atoms with Gasteiger partial charge in [-0.05, 0) is 38.4 Å². The molecule has 1 heterocycles. The molecular weight excluding hydrogens is 282 g/mol. The normalized spacial score (nSPS) is 10.0. The van der Waals surface area contributed by atoms with Crippen LogP contribution in [0.4, 0.5) is 0 Å². The molecule has 2 N–H and O–H groups in total. The van der Waals surface area contributed by atoms with Crippen LogP contribution >= 0.6 is 0 Å². The molecule has 0 fully saturated rings. The highest BCUT2D eigenvalue weighted by Crippen LogP contribution is 2.21. The molecule has 0 radical (unpaired) electrons. The fourth-order valence-electron chi connectivity index (χ4n) is 2.67. The fraction of sp³-hybridized carbons (Fsp3) is 0.450. The number of aromatic nitrogens is 2. The zero-order valence-corrected chi connectivity index (χ0v) is 14.5. The molecule has 0 bridgehead atoms. The Balaban J connectivity index is 0.00000127. The van der Waals surface area contributed by atoms with Gasteiger partial charge in [-0.1, -0.05) is 44.1 Å². The summed E-state index contributed by atoms with van der Waals surface area (Å²) in [5.74, 6) is 2.70. The Bertz CT molecular complexity index is 647. The molecule has 0 aliphatic heterocycles. The maximum atomic E-state index is 5.26. The van der Waals surface area contributed by atoms with Crippen molar-refractivity contribution >= 4 is 17.0 Å². The Kier molecular flexibility index (Phi) is 8.79. The average Bonchev–Trinajstić information content (AvgIpc) is 2.91. The van der Waals surface area contributed by atoms with E-state index in [4.69, 9.17) is 6.42 Å². The Hall–Kier alpha value is -2.05. The minimum absolute atomic E-state index is 0.910. The van der Waals surface area contributed by atoms with Gasteiger partial charge >= 0.3 is 0 Å². The van der Waals surface area contributed by atoms with E-state index in [9.17, 15) is 0 Å². The van der Waals surface area contributed by atoms with Crippen LogP contribution in [0.3, 0.4) is 0 Å². The van der Waals surface area contributed by atoms with Crippen LogP contribution in [-0.4, -0.2) is 16.8 Å². The monoisotopic (exact) mass is 311 g/mol. The van der Waals surface area contributed by atoms with Crippen LogP contribution < -0.4 is 5.73 Å². The van der Waals surface area contributed by atoms with Gasteiger partial charge in [0.2, 0.25) is 0 Å². The summed E-state index contributed by atoms with van der Waals surface area (Å²) in [7, 11) is 1.50. The molecule has 124 valence electrons. The smallest absolute Gasteiger partial charge is 0.0691 e. The van der Waals surface area contributed by atoms with Crippen LogP contribution in [0.1, 0.15) is 49.8 Å². The van der Waals surface area contributed by atoms with E-state index in [0.717, 1.165) is 30.6 Å². The molecule has 2 aromatic rings. The predicted octanol–water partition coefficient (Wildman–Crippen LogP) is 4.54. The third kappa shape index (κ3) is 5.58. The van der Waals surface area contributed by atoms with E-state index in [0.29, 0.717) is 0 Å². The second-order valence-electron chi connectivity index (χ2n) is 5.51. The van der Waals surface area contributed by atoms with Crippen molar-refractivity contribution in [1.82, 2.24) is 9.78 Å². The largest absolute Gasteiger partial charge is 0.333 e. The summed E-state index contributed by atoms with van der Waals surface area (Å²) in [6.45, 7) is 6.90. The van der Waals surface area contributed by atoms with Crippen LogP contribution in [0.2, 0.25) is 0 Å². The Morgan fingerprint density at radius 3 is 2.61 bits per heavy atom. The highest BCUT2D eigenvalue weighted by atomic mass is 15.3. The van der Waals surface area contributed by atoms with E-state index in [2.05, 4.69) is 53.1 Å². The van der Waals surface area contributed by atoms with Crippen LogP contribution in [0.15, 0.2) is 24.8 Å². The van der Waals surface area contributed by atoms with Gasteiger partial charge in [0.05, 0.1) is 11.2 Å². The van der Waals surface area contributed by atoms with Crippen LogP contribution in [-0.2, 0) is 6.54 Å². The Morgan fingerprint density at radius 2 is 1.91 bits per heavy atom. The first-order chi connectivity index (χ1) is 11.3. The quantitative estimate of drug-likeness (QED) is 0.574. The summed E-state index contributed by atoms with van der Waals surface area (Å²) in [6.07, 6.45) is 14.1. The summed E-state index contributed by atoms with van der Waals surface area (Å²) >= 11 is 0. The van der Waals surface area contributed by atoms with E-state index in [1.165, 1.54) is 43.6 Å². The molecule has 0 saturated carbocycles. The zero-order valence-electron chi connectivity index (χ0n) is 14.5. The van der Waals surface area contributed by atoms with Crippen molar-refractivity contribution in [3.63, 3.8) is 0 Å². The van der Waals surface area contributed by atoms with E-state index in [-0.39, 0.29) is 0 Å². The summed E-state index contributed by atoms with van der Waals surface area (Å²) in [6, 6.07) is 6.42. The van der Waals surface area contributed by atoms with Gasteiger partial charge in [0.15, 0.2) is 0 Å². The number of benzene rings is 1. The standard InChI is InChI=1S/C19H24N2.CH5N/c1-4-6-7-8-9-10-11-14-21-19-15-17(5-2)12-13-18(19)16(3)20-21;1-2/h1,5,12-13,15H,2,6-11,14H2,3H3;2H2,1H3. The number of nitrogens with two attached hydrogens (primary N) is 1. The first-order valence-electron chi connectivity index (χ1n) is 8.37. The molecule has 0 amide bonds. The molecule has 0 saturated heterocycles. The van der Waals surface area contributed by atoms with Gasteiger partial charge in [-0.2, -0.15) is 5.10 Å². The van der Waals surface area contributed by atoms with Crippen molar-refractivity contribution in [2.45, 2.75) is 52.0 Å². The van der Waals surface area contributed by atoms with Crippen molar-refractivity contribution in [3.8, 4) is 12.3 Å². The van der Waals surface area contributed by atoms with Gasteiger partial charge < -0.3 is 5.73 Å². The molecular formula is C20H29N3. The van der Waals surface area contributed by atoms with Crippen molar-refractivity contribution in [2.24, 2.45) is 5.73 Å². The van der Waals surface area contributed by atoms with E-state index in [1.54, 1.807) is 0 Å². The van der Waals surface area contributed by atoms with Gasteiger partial charge in [-0.25, -0.2) is 0 Å². The molecule has 0 spiro atoms. The maximum absolute atomic E-state index is 5.26. The first-order valence-corrected chi connectivity index (χ1v) is 8.37. The molecule has 0 aliphatic rings. The highest BCUT2D eigenvalue weighted by Gasteiger charge is 2.07. The summed E-state index contributed by atoms with van der Waals surface area (Å²) in [4.78, 5) is 0. The maximum Gasteiger partial charge on any atom is 0.0691 e. The van der Waals surface area contributed by atoms with Crippen LogP contribution in [0.5, 0.6) is 0 Å². The van der Waals surface area contributed by atoms with Gasteiger partial charge in [-0.15, -0.1) is 12.3 Å². The number of rotatable bonds is 8. The minimum atomic E-state index is 0.910. The number of unbranched alkanes of at least 4 members (excludes halogenated alkanes) is 5. The molecule has 0 atom stereocenters. The minimum Gasteiger partial charge on any atom is -0.333 e. The lowest BCUT2D eigenvalue weighted by molar-refractivity contribution is 0.539. The van der Waals surface area contributed by atoms with E-state index < -0.39 is 0 Å². The summed E-state index contributed by atoms with van der Waals surface area (Å²) < 4.78 is 2.14. The van der Waals surface area contributed by atoms with Crippen molar-refractivity contribution in [2.75, 3.05) is 7.05 Å². The van der Waals surface area contributed by atoms with Gasteiger partial charge in [0.1, 0.15) is 0 Å². The topological polar surface area (TPSA) is 43.8 Å². The molecule has 3 heteroatoms. The molecule has 0 unspecified atom stereocenters. The first kappa shape index (κ1) is 19.0. The lowest BCUT2D eigenvalue weighted by Crippen LogP contribution is -2.00. The number of aryl methyl sites for hydroxylation is 2. The molecule has 2 rings (SSSR count). The number of fused-ring (bicyclic) bond motifs is 1. The molecule has 23 heavy (non-hydrogen) atoms. The third-order valence-corrected chi connectivity index (χ3v) is 3.89. The average molecular weight is 311 g/mol. The number of hydrogen-bond acceptors (Lipinski definition) is 2. The Morgan fingerprint density at radius 1 is 1.22 bits per heavy atom. The van der Waals surface area contributed by atoms with Crippen LogP contribution in [0.25, 0.3) is 17.0 Å². The second kappa shape index (κ2) is 10.6. The summed E-state index contributed by atoms with van der Waals surface area (Å²) in [5, 5.41) is 5.91. The molecule has 1 aromatic carbocycles. The summed E-state index contributed by atoms with van der Waals surface area (Å²) in [5.41, 5.74) is 7.98. The third-order valence-electron chi connectivity index (χ3n) is 3.89. The highest BCUT2D eigenvalue weighted by molar-refractivity contribution is 5.84. The Labute approximate surface area is 140 Å². The van der Waals surface area contributed by atoms with E-state index >= 15 is 0 Å². The SMILES string of the molecule is C#CCCCCCCCn1nc(C)c2ccc(C=C)cc21.CN. The van der Waals surface area contributed by atoms with Gasteiger partial charge in [0.25, 0.3) is 0 Å². The number of terminal acetylenes is 1. The fourth-order valence-corrected chi connectivity index (χ4v) is 2.67. The van der Waals surface area contributed by atoms with E-state index in [1.807, 2.05) is 6.08 Å². The van der Waals surface area contributed by atoms with Crippen LogP contribution in [0, 0.1) is 19.3 Å². The predicted molar refractivity (Wildman–Crippen MR) is 101 cm³/mol. The number of nitrogens with zero attached hydrogens (tertiary/aromatic N) is 2. The lowest BCUT2D eigenvalue weighted by Gasteiger charge is -2.04. The van der Waals surface area contributed by atoms with Crippen molar-refractivity contribution in [1.29, 1.82) is 0 Å². The lowest BCUT2D eigenvalue weighted by atomic mass is 10.1. The van der Waals surface area contributed by atoms with Gasteiger partial charge in [-0.3, -0.25) is 4.68 Å². The second-order valence-corrected chi connectivity index (χ2v) is 5.51. The van der Waals surface area contributed by atoms with Crippen molar-refractivity contribution < 1.29 is 0 Å². The van der Waals surface area contributed by atoms with Crippen molar-refractivity contribution in [3.05, 3.63) is 36.0 Å². The van der Waals surface area contributed by atoms with Gasteiger partial charge in [0, 0.05) is 18.4 Å². The number of hydrogen-bond donors (Lipinski definition) is 1. The molecule has 1 aromatic heterocycles.